The molecule has 2 aromatic rings. The van der Waals surface area contributed by atoms with Crippen molar-refractivity contribution in [3.63, 3.8) is 0 Å². The third kappa shape index (κ3) is 8.72. The zero-order valence-corrected chi connectivity index (χ0v) is 22.6. The van der Waals surface area contributed by atoms with Crippen LogP contribution in [0.1, 0.15) is 69.6 Å². The molecule has 1 amide bonds. The van der Waals surface area contributed by atoms with Gasteiger partial charge in [-0.1, -0.05) is 50.6 Å². The molecule has 8 heteroatoms. The SMILES string of the molecule is Cc1ccc(-c2c(COS(C)(=O)=O)c(C)nc(CC(C)(C)C)c2CNC(=O)OC(C)(C)C)cc1. The lowest BCUT2D eigenvalue weighted by Gasteiger charge is -2.25. The zero-order chi connectivity index (χ0) is 25.9. The summed E-state index contributed by atoms with van der Waals surface area (Å²) in [7, 11) is -3.66. The predicted molar refractivity (Wildman–Crippen MR) is 135 cm³/mol. The number of amides is 1. The monoisotopic (exact) mass is 490 g/mol. The maximum absolute atomic E-state index is 12.5. The van der Waals surface area contributed by atoms with E-state index in [4.69, 9.17) is 13.9 Å². The topological polar surface area (TPSA) is 94.6 Å². The van der Waals surface area contributed by atoms with Gasteiger partial charge in [0.25, 0.3) is 10.1 Å². The van der Waals surface area contributed by atoms with Crippen LogP contribution in [-0.2, 0) is 38.6 Å². The number of hydrogen-bond acceptors (Lipinski definition) is 6. The number of benzene rings is 1. The second-order valence-electron chi connectivity index (χ2n) is 10.9. The summed E-state index contributed by atoms with van der Waals surface area (Å²) in [6, 6.07) is 7.99. The summed E-state index contributed by atoms with van der Waals surface area (Å²) in [6.45, 7) is 15.7. The van der Waals surface area contributed by atoms with E-state index >= 15 is 0 Å². The summed E-state index contributed by atoms with van der Waals surface area (Å²) >= 11 is 0. The van der Waals surface area contributed by atoms with Crippen LogP contribution in [0.3, 0.4) is 0 Å². The first kappa shape index (κ1) is 27.8. The fraction of sp³-hybridized carbons (Fsp3) is 0.538. The quantitative estimate of drug-likeness (QED) is 0.518. The lowest BCUT2D eigenvalue weighted by Crippen LogP contribution is -2.33. The first-order chi connectivity index (χ1) is 15.5. The van der Waals surface area contributed by atoms with Crippen molar-refractivity contribution < 1.29 is 22.1 Å². The van der Waals surface area contributed by atoms with Gasteiger partial charge in [-0.25, -0.2) is 4.79 Å². The van der Waals surface area contributed by atoms with E-state index in [1.54, 1.807) is 0 Å². The van der Waals surface area contributed by atoms with E-state index in [1.165, 1.54) is 0 Å². The number of nitrogens with zero attached hydrogens (tertiary/aromatic N) is 1. The van der Waals surface area contributed by atoms with E-state index in [-0.39, 0.29) is 18.6 Å². The van der Waals surface area contributed by atoms with Gasteiger partial charge >= 0.3 is 6.09 Å². The number of aryl methyl sites for hydroxylation is 2. The zero-order valence-electron chi connectivity index (χ0n) is 21.8. The summed E-state index contributed by atoms with van der Waals surface area (Å²) in [6.07, 6.45) is 1.17. The van der Waals surface area contributed by atoms with Crippen molar-refractivity contribution in [1.29, 1.82) is 0 Å². The molecule has 1 heterocycles. The number of hydrogen-bond donors (Lipinski definition) is 1. The average Bonchev–Trinajstić information content (AvgIpc) is 2.63. The lowest BCUT2D eigenvalue weighted by atomic mass is 9.85. The molecule has 1 aromatic carbocycles. The van der Waals surface area contributed by atoms with E-state index in [0.717, 1.165) is 34.2 Å². The minimum absolute atomic E-state index is 0.0601. The van der Waals surface area contributed by atoms with Crippen LogP contribution in [0.25, 0.3) is 11.1 Å². The van der Waals surface area contributed by atoms with Crippen molar-refractivity contribution in [3.05, 3.63) is 52.3 Å². The van der Waals surface area contributed by atoms with Gasteiger partial charge in [0.2, 0.25) is 0 Å². The van der Waals surface area contributed by atoms with Crippen LogP contribution in [-0.4, -0.2) is 31.4 Å². The normalized spacial score (nSPS) is 12.5. The van der Waals surface area contributed by atoms with E-state index in [1.807, 2.05) is 58.9 Å². The molecule has 0 saturated carbocycles. The summed E-state index contributed by atoms with van der Waals surface area (Å²) in [4.78, 5) is 17.3. The van der Waals surface area contributed by atoms with Crippen molar-refractivity contribution >= 4 is 16.2 Å². The Morgan fingerprint density at radius 1 is 1.00 bits per heavy atom. The van der Waals surface area contributed by atoms with E-state index in [9.17, 15) is 13.2 Å². The molecule has 188 valence electrons. The molecule has 0 spiro atoms. The summed E-state index contributed by atoms with van der Waals surface area (Å²) in [5, 5.41) is 2.86. The Labute approximate surface area is 204 Å². The Balaban J connectivity index is 2.70. The van der Waals surface area contributed by atoms with Crippen molar-refractivity contribution in [2.45, 2.75) is 80.6 Å². The molecule has 0 bridgehead atoms. The Hall–Kier alpha value is -2.45. The maximum atomic E-state index is 12.5. The molecule has 0 aliphatic rings. The molecular formula is C26H38N2O5S. The van der Waals surface area contributed by atoms with Gasteiger partial charge in [0.05, 0.1) is 12.9 Å². The lowest BCUT2D eigenvalue weighted by molar-refractivity contribution is 0.0523. The molecule has 0 aliphatic carbocycles. The minimum Gasteiger partial charge on any atom is -0.444 e. The fourth-order valence-electron chi connectivity index (χ4n) is 3.57. The molecular weight excluding hydrogens is 452 g/mol. The van der Waals surface area contributed by atoms with E-state index < -0.39 is 21.8 Å². The van der Waals surface area contributed by atoms with Gasteiger partial charge in [0.1, 0.15) is 5.60 Å². The molecule has 0 atom stereocenters. The first-order valence-corrected chi connectivity index (χ1v) is 13.2. The number of nitrogens with one attached hydrogen (secondary N) is 1. The number of carbonyl (C=O) groups is 1. The second-order valence-corrected chi connectivity index (χ2v) is 12.5. The predicted octanol–water partition coefficient (Wildman–Crippen LogP) is 5.45. The third-order valence-corrected chi connectivity index (χ3v) is 5.50. The van der Waals surface area contributed by atoms with Crippen molar-refractivity contribution in [2.24, 2.45) is 5.41 Å². The smallest absolute Gasteiger partial charge is 0.407 e. The molecule has 1 aromatic heterocycles. The number of pyridine rings is 1. The number of rotatable bonds is 7. The Morgan fingerprint density at radius 3 is 2.09 bits per heavy atom. The molecule has 0 saturated heterocycles. The average molecular weight is 491 g/mol. The standard InChI is InChI=1S/C26H38N2O5S/c1-17-10-12-19(13-11-17)23-20(15-27-24(29)33-26(6,7)8)22(14-25(3,4)5)28-18(2)21(23)16-32-34(9,30)31/h10-13H,14-16H2,1-9H3,(H,27,29). The molecule has 0 unspecified atom stereocenters. The van der Waals surface area contributed by atoms with Crippen molar-refractivity contribution in [1.82, 2.24) is 10.3 Å². The van der Waals surface area contributed by atoms with Gasteiger partial charge < -0.3 is 10.1 Å². The van der Waals surface area contributed by atoms with Crippen LogP contribution in [0.15, 0.2) is 24.3 Å². The maximum Gasteiger partial charge on any atom is 0.407 e. The minimum atomic E-state index is -3.66. The van der Waals surface area contributed by atoms with Gasteiger partial charge in [0.15, 0.2) is 0 Å². The van der Waals surface area contributed by atoms with Gasteiger partial charge in [-0.2, -0.15) is 8.42 Å². The molecule has 34 heavy (non-hydrogen) atoms. The number of ether oxygens (including phenoxy) is 1. The van der Waals surface area contributed by atoms with Crippen LogP contribution in [0.2, 0.25) is 0 Å². The van der Waals surface area contributed by atoms with Crippen molar-refractivity contribution in [3.8, 4) is 11.1 Å². The Morgan fingerprint density at radius 2 is 1.59 bits per heavy atom. The fourth-order valence-corrected chi connectivity index (χ4v) is 3.90. The highest BCUT2D eigenvalue weighted by molar-refractivity contribution is 7.85. The van der Waals surface area contributed by atoms with Gasteiger partial charge in [-0.15, -0.1) is 0 Å². The van der Waals surface area contributed by atoms with Crippen molar-refractivity contribution in [2.75, 3.05) is 6.26 Å². The Kier molecular flexibility index (Phi) is 8.53. The number of alkyl carbamates (subject to hydrolysis) is 1. The summed E-state index contributed by atoms with van der Waals surface area (Å²) < 4.78 is 34.2. The summed E-state index contributed by atoms with van der Waals surface area (Å²) in [5.41, 5.74) is 5.18. The Bertz CT molecular complexity index is 1130. The molecule has 7 nitrogen and oxygen atoms in total. The van der Waals surface area contributed by atoms with Crippen LogP contribution in [0, 0.1) is 19.3 Å². The van der Waals surface area contributed by atoms with Crippen LogP contribution >= 0.6 is 0 Å². The molecule has 0 radical (unpaired) electrons. The molecule has 2 rings (SSSR count). The van der Waals surface area contributed by atoms with Gasteiger partial charge in [-0.05, 0) is 57.6 Å². The third-order valence-electron chi connectivity index (χ3n) is 4.96. The second kappa shape index (κ2) is 10.4. The van der Waals surface area contributed by atoms with E-state index in [0.29, 0.717) is 17.7 Å². The van der Waals surface area contributed by atoms with Crippen LogP contribution in [0.4, 0.5) is 4.79 Å². The summed E-state index contributed by atoms with van der Waals surface area (Å²) in [5.74, 6) is 0. The van der Waals surface area contributed by atoms with E-state index in [2.05, 4.69) is 26.1 Å². The van der Waals surface area contributed by atoms with Crippen LogP contribution in [0.5, 0.6) is 0 Å². The largest absolute Gasteiger partial charge is 0.444 e. The highest BCUT2D eigenvalue weighted by atomic mass is 32.2. The highest BCUT2D eigenvalue weighted by Gasteiger charge is 2.25. The van der Waals surface area contributed by atoms with Gasteiger partial charge in [-0.3, -0.25) is 9.17 Å². The number of carbonyl (C=O) groups excluding carboxylic acids is 1. The molecule has 1 N–H and O–H groups in total. The number of aromatic nitrogens is 1. The molecule has 0 fully saturated rings. The van der Waals surface area contributed by atoms with Gasteiger partial charge in [0, 0.05) is 29.1 Å². The van der Waals surface area contributed by atoms with Crippen LogP contribution < -0.4 is 5.32 Å². The highest BCUT2D eigenvalue weighted by Crippen LogP contribution is 2.35. The molecule has 0 aliphatic heterocycles. The first-order valence-electron chi connectivity index (χ1n) is 11.3.